The number of carbonyl (C=O) groups excluding carboxylic acids is 1. The second-order valence-electron chi connectivity index (χ2n) is 2.92. The standard InChI is InChI=1S/C10H9BrClFO2/c1-15-10(14)4-6-2-8(11)9(13)3-7(6)5-12/h2-3H,4-5H2,1H3. The summed E-state index contributed by atoms with van der Waals surface area (Å²) in [5, 5.41) is 0. The summed E-state index contributed by atoms with van der Waals surface area (Å²) in [4.78, 5) is 11.1. The molecule has 0 saturated heterocycles. The van der Waals surface area contributed by atoms with E-state index in [4.69, 9.17) is 11.6 Å². The first-order valence-electron chi connectivity index (χ1n) is 4.18. The van der Waals surface area contributed by atoms with Gasteiger partial charge >= 0.3 is 5.97 Å². The van der Waals surface area contributed by atoms with Gasteiger partial charge in [0.1, 0.15) is 5.82 Å². The van der Waals surface area contributed by atoms with Gasteiger partial charge in [-0.15, -0.1) is 11.6 Å². The van der Waals surface area contributed by atoms with Crippen LogP contribution >= 0.6 is 27.5 Å². The normalized spacial score (nSPS) is 10.1. The Morgan fingerprint density at radius 3 is 2.73 bits per heavy atom. The Kier molecular flexibility index (Phi) is 4.54. The summed E-state index contributed by atoms with van der Waals surface area (Å²) in [5.41, 5.74) is 1.27. The van der Waals surface area contributed by atoms with Crippen LogP contribution in [0, 0.1) is 5.82 Å². The summed E-state index contributed by atoms with van der Waals surface area (Å²) in [6, 6.07) is 2.86. The van der Waals surface area contributed by atoms with Gasteiger partial charge in [-0.3, -0.25) is 4.79 Å². The zero-order chi connectivity index (χ0) is 11.4. The number of carbonyl (C=O) groups is 1. The number of methoxy groups -OCH3 is 1. The van der Waals surface area contributed by atoms with Crippen molar-refractivity contribution in [2.24, 2.45) is 0 Å². The second-order valence-corrected chi connectivity index (χ2v) is 4.04. The van der Waals surface area contributed by atoms with E-state index in [-0.39, 0.29) is 24.1 Å². The predicted octanol–water partition coefficient (Wildman–Crippen LogP) is 3.04. The maximum Gasteiger partial charge on any atom is 0.309 e. The maximum absolute atomic E-state index is 13.1. The number of benzene rings is 1. The third-order valence-corrected chi connectivity index (χ3v) is 2.84. The van der Waals surface area contributed by atoms with Gasteiger partial charge in [0.2, 0.25) is 0 Å². The van der Waals surface area contributed by atoms with E-state index in [1.54, 1.807) is 6.07 Å². The molecule has 0 heterocycles. The zero-order valence-corrected chi connectivity index (χ0v) is 10.4. The number of esters is 1. The number of halogens is 3. The van der Waals surface area contributed by atoms with Crippen LogP contribution in [0.3, 0.4) is 0 Å². The second kappa shape index (κ2) is 5.47. The minimum Gasteiger partial charge on any atom is -0.469 e. The van der Waals surface area contributed by atoms with Crippen molar-refractivity contribution in [2.75, 3.05) is 7.11 Å². The largest absolute Gasteiger partial charge is 0.469 e. The number of hydrogen-bond donors (Lipinski definition) is 0. The Morgan fingerprint density at radius 1 is 1.53 bits per heavy atom. The molecule has 0 fully saturated rings. The van der Waals surface area contributed by atoms with Crippen LogP contribution in [0.25, 0.3) is 0 Å². The predicted molar refractivity (Wildman–Crippen MR) is 59.4 cm³/mol. The Hall–Kier alpha value is -0.610. The molecule has 0 aliphatic carbocycles. The van der Waals surface area contributed by atoms with Gasteiger partial charge in [0, 0.05) is 5.88 Å². The molecule has 0 aliphatic rings. The fourth-order valence-corrected chi connectivity index (χ4v) is 1.79. The monoisotopic (exact) mass is 294 g/mol. The van der Waals surface area contributed by atoms with Crippen LogP contribution < -0.4 is 0 Å². The molecule has 0 radical (unpaired) electrons. The van der Waals surface area contributed by atoms with E-state index in [1.807, 2.05) is 0 Å². The minimum absolute atomic E-state index is 0.0947. The highest BCUT2D eigenvalue weighted by atomic mass is 79.9. The molecule has 0 saturated carbocycles. The molecule has 1 rings (SSSR count). The lowest BCUT2D eigenvalue weighted by Gasteiger charge is -2.07. The molecule has 2 nitrogen and oxygen atoms in total. The van der Waals surface area contributed by atoms with Crippen LogP contribution in [0.5, 0.6) is 0 Å². The molecule has 0 atom stereocenters. The van der Waals surface area contributed by atoms with Gasteiger partial charge in [-0.2, -0.15) is 0 Å². The molecule has 0 N–H and O–H groups in total. The molecule has 0 bridgehead atoms. The maximum atomic E-state index is 13.1. The molecule has 0 spiro atoms. The van der Waals surface area contributed by atoms with E-state index in [1.165, 1.54) is 13.2 Å². The first-order chi connectivity index (χ1) is 7.08. The molecule has 0 amide bonds. The van der Waals surface area contributed by atoms with Gasteiger partial charge in [-0.05, 0) is 39.2 Å². The summed E-state index contributed by atoms with van der Waals surface area (Å²) in [7, 11) is 1.31. The highest BCUT2D eigenvalue weighted by Gasteiger charge is 2.11. The lowest BCUT2D eigenvalue weighted by atomic mass is 10.1. The van der Waals surface area contributed by atoms with Gasteiger partial charge in [0.15, 0.2) is 0 Å². The van der Waals surface area contributed by atoms with Crippen LogP contribution in [0.1, 0.15) is 11.1 Å². The average molecular weight is 296 g/mol. The Labute approximate surface area is 101 Å². The van der Waals surface area contributed by atoms with Crippen molar-refractivity contribution in [1.82, 2.24) is 0 Å². The van der Waals surface area contributed by atoms with Crippen LogP contribution in [0.15, 0.2) is 16.6 Å². The number of rotatable bonds is 3. The number of hydrogen-bond acceptors (Lipinski definition) is 2. The molecule has 15 heavy (non-hydrogen) atoms. The fourth-order valence-electron chi connectivity index (χ4n) is 1.15. The van der Waals surface area contributed by atoms with Crippen molar-refractivity contribution < 1.29 is 13.9 Å². The van der Waals surface area contributed by atoms with Crippen LogP contribution in [-0.2, 0) is 21.8 Å². The quantitative estimate of drug-likeness (QED) is 0.633. The molecule has 5 heteroatoms. The summed E-state index contributed by atoms with van der Waals surface area (Å²) in [5.74, 6) is -0.601. The van der Waals surface area contributed by atoms with Crippen molar-refractivity contribution in [3.05, 3.63) is 33.5 Å². The topological polar surface area (TPSA) is 26.3 Å². The van der Waals surface area contributed by atoms with E-state index in [0.29, 0.717) is 15.6 Å². The lowest BCUT2D eigenvalue weighted by molar-refractivity contribution is -0.139. The minimum atomic E-state index is -0.390. The van der Waals surface area contributed by atoms with Gasteiger partial charge in [0.05, 0.1) is 18.0 Å². The van der Waals surface area contributed by atoms with E-state index >= 15 is 0 Å². The third-order valence-electron chi connectivity index (χ3n) is 1.95. The number of ether oxygens (including phenoxy) is 1. The summed E-state index contributed by atoms with van der Waals surface area (Å²) in [6.07, 6.45) is 0.0947. The van der Waals surface area contributed by atoms with Crippen molar-refractivity contribution >= 4 is 33.5 Å². The molecule has 0 unspecified atom stereocenters. The fraction of sp³-hybridized carbons (Fsp3) is 0.300. The van der Waals surface area contributed by atoms with E-state index < -0.39 is 0 Å². The molecular weight excluding hydrogens is 286 g/mol. The Bertz CT molecular complexity index is 382. The summed E-state index contributed by atoms with van der Waals surface area (Å²) < 4.78 is 18.0. The van der Waals surface area contributed by atoms with Gasteiger partial charge in [0.25, 0.3) is 0 Å². The van der Waals surface area contributed by atoms with Gasteiger partial charge in [-0.1, -0.05) is 0 Å². The first kappa shape index (κ1) is 12.5. The van der Waals surface area contributed by atoms with E-state index in [2.05, 4.69) is 20.7 Å². The van der Waals surface area contributed by atoms with Gasteiger partial charge in [-0.25, -0.2) is 4.39 Å². The van der Waals surface area contributed by atoms with Crippen molar-refractivity contribution in [1.29, 1.82) is 0 Å². The number of alkyl halides is 1. The zero-order valence-electron chi connectivity index (χ0n) is 8.02. The third kappa shape index (κ3) is 3.18. The summed E-state index contributed by atoms with van der Waals surface area (Å²) in [6.45, 7) is 0. The van der Waals surface area contributed by atoms with Crippen molar-refractivity contribution in [3.8, 4) is 0 Å². The first-order valence-corrected chi connectivity index (χ1v) is 5.50. The lowest BCUT2D eigenvalue weighted by Crippen LogP contribution is -2.07. The molecule has 1 aromatic carbocycles. The molecule has 82 valence electrons. The van der Waals surface area contributed by atoms with Crippen molar-refractivity contribution in [3.63, 3.8) is 0 Å². The molecular formula is C10H9BrClFO2. The molecule has 0 aromatic heterocycles. The summed E-state index contributed by atoms with van der Waals surface area (Å²) >= 11 is 8.70. The van der Waals surface area contributed by atoms with Crippen molar-refractivity contribution in [2.45, 2.75) is 12.3 Å². The highest BCUT2D eigenvalue weighted by molar-refractivity contribution is 9.10. The highest BCUT2D eigenvalue weighted by Crippen LogP contribution is 2.22. The van der Waals surface area contributed by atoms with Crippen LogP contribution in [-0.4, -0.2) is 13.1 Å². The SMILES string of the molecule is COC(=O)Cc1cc(Br)c(F)cc1CCl. The van der Waals surface area contributed by atoms with Crippen LogP contribution in [0.2, 0.25) is 0 Å². The molecule has 1 aromatic rings. The van der Waals surface area contributed by atoms with E-state index in [0.717, 1.165) is 0 Å². The van der Waals surface area contributed by atoms with E-state index in [9.17, 15) is 9.18 Å². The Morgan fingerprint density at radius 2 is 2.20 bits per heavy atom. The van der Waals surface area contributed by atoms with Crippen LogP contribution in [0.4, 0.5) is 4.39 Å². The smallest absolute Gasteiger partial charge is 0.309 e. The Balaban J connectivity index is 3.05. The average Bonchev–Trinajstić information content (AvgIpc) is 2.22. The molecule has 0 aliphatic heterocycles. The van der Waals surface area contributed by atoms with Gasteiger partial charge < -0.3 is 4.74 Å².